The largest absolute Gasteiger partial charge is 0.337 e. The fourth-order valence-electron chi connectivity index (χ4n) is 2.62. The number of nitrogens with zero attached hydrogens (tertiary/aromatic N) is 2. The van der Waals surface area contributed by atoms with Gasteiger partial charge < -0.3 is 19.8 Å². The summed E-state index contributed by atoms with van der Waals surface area (Å²) in [5.74, 6) is 0.540. The highest BCUT2D eigenvalue weighted by atomic mass is 16.2. The van der Waals surface area contributed by atoms with Gasteiger partial charge in [-0.25, -0.2) is 4.79 Å². The molecule has 1 aliphatic rings. The smallest absolute Gasteiger partial charge is 0.323 e. The highest BCUT2D eigenvalue weighted by Gasteiger charge is 2.28. The fraction of sp³-hybridized carbons (Fsp3) is 0.692. The predicted molar refractivity (Wildman–Crippen MR) is 73.2 cm³/mol. The summed E-state index contributed by atoms with van der Waals surface area (Å²) in [7, 11) is 4.18. The number of nitrogens with one attached hydrogen (secondary N) is 2. The van der Waals surface area contributed by atoms with Crippen LogP contribution in [0.5, 0.6) is 0 Å². The molecular weight excluding hydrogens is 244 g/mol. The lowest BCUT2D eigenvalue weighted by Gasteiger charge is -2.37. The monoisotopic (exact) mass is 266 g/mol. The van der Waals surface area contributed by atoms with Gasteiger partial charge in [-0.1, -0.05) is 0 Å². The average Bonchev–Trinajstić information content (AvgIpc) is 2.84. The van der Waals surface area contributed by atoms with Gasteiger partial charge in [0.05, 0.1) is 0 Å². The summed E-state index contributed by atoms with van der Waals surface area (Å²) in [6, 6.07) is 0.532. The Morgan fingerprint density at radius 3 is 2.53 bits per heavy atom. The van der Waals surface area contributed by atoms with E-state index in [1.165, 1.54) is 6.20 Å². The molecule has 1 atom stereocenters. The Hall–Kier alpha value is -1.56. The zero-order valence-corrected chi connectivity index (χ0v) is 11.8. The van der Waals surface area contributed by atoms with Crippen LogP contribution in [0.15, 0.2) is 11.0 Å². The topological polar surface area (TPSA) is 72.2 Å². The van der Waals surface area contributed by atoms with E-state index in [1.807, 2.05) is 4.90 Å². The second kappa shape index (κ2) is 5.61. The molecule has 2 N–H and O–H groups in total. The molecule has 1 aromatic heterocycles. The Morgan fingerprint density at radius 1 is 1.42 bits per heavy atom. The first kappa shape index (κ1) is 13.9. The fourth-order valence-corrected chi connectivity index (χ4v) is 2.62. The Kier molecular flexibility index (Phi) is 4.09. The van der Waals surface area contributed by atoms with Crippen LogP contribution in [-0.4, -0.2) is 58.9 Å². The molecule has 2 heterocycles. The minimum atomic E-state index is -0.334. The van der Waals surface area contributed by atoms with Crippen molar-refractivity contribution in [2.45, 2.75) is 25.8 Å². The number of imidazole rings is 1. The van der Waals surface area contributed by atoms with Crippen molar-refractivity contribution >= 4 is 5.91 Å². The summed E-state index contributed by atoms with van der Waals surface area (Å²) in [5.41, 5.74) is 0.0172. The molecule has 1 fully saturated rings. The van der Waals surface area contributed by atoms with Crippen molar-refractivity contribution in [3.63, 3.8) is 0 Å². The van der Waals surface area contributed by atoms with Gasteiger partial charge >= 0.3 is 5.69 Å². The van der Waals surface area contributed by atoms with Crippen LogP contribution in [0.4, 0.5) is 0 Å². The van der Waals surface area contributed by atoms with E-state index in [9.17, 15) is 9.59 Å². The highest BCUT2D eigenvalue weighted by Crippen LogP contribution is 2.23. The Labute approximate surface area is 112 Å². The molecule has 0 spiro atoms. The van der Waals surface area contributed by atoms with Crippen LogP contribution in [-0.2, 0) is 0 Å². The molecule has 6 heteroatoms. The van der Waals surface area contributed by atoms with Gasteiger partial charge in [-0.15, -0.1) is 0 Å². The number of piperidine rings is 1. The van der Waals surface area contributed by atoms with E-state index in [-0.39, 0.29) is 11.6 Å². The number of carbonyl (C=O) groups excluding carboxylic acids is 1. The number of carbonyl (C=O) groups is 1. The van der Waals surface area contributed by atoms with Crippen LogP contribution in [0.25, 0.3) is 0 Å². The summed E-state index contributed by atoms with van der Waals surface area (Å²) in [6.45, 7) is 3.75. The molecule has 6 nitrogen and oxygen atoms in total. The van der Waals surface area contributed by atoms with E-state index in [1.54, 1.807) is 0 Å². The number of hydrogen-bond donors (Lipinski definition) is 2. The van der Waals surface area contributed by atoms with Crippen molar-refractivity contribution in [1.29, 1.82) is 0 Å². The van der Waals surface area contributed by atoms with Crippen molar-refractivity contribution in [2.24, 2.45) is 5.92 Å². The van der Waals surface area contributed by atoms with E-state index in [4.69, 9.17) is 0 Å². The van der Waals surface area contributed by atoms with E-state index < -0.39 is 0 Å². The second-order valence-electron chi connectivity index (χ2n) is 5.49. The maximum atomic E-state index is 12.1. The number of aromatic amines is 2. The predicted octanol–water partition coefficient (Wildman–Crippen LogP) is 0.505. The third-order valence-corrected chi connectivity index (χ3v) is 4.15. The zero-order chi connectivity index (χ0) is 14.0. The summed E-state index contributed by atoms with van der Waals surface area (Å²) < 4.78 is 0. The number of aromatic nitrogens is 2. The SMILES string of the molecule is C[C@@H](C1CCN(C(=O)c2c[nH]c(=O)[nH]2)CC1)N(C)C. The lowest BCUT2D eigenvalue weighted by molar-refractivity contribution is 0.0636. The van der Waals surface area contributed by atoms with Crippen LogP contribution >= 0.6 is 0 Å². The molecule has 0 radical (unpaired) electrons. The Morgan fingerprint density at radius 2 is 2.05 bits per heavy atom. The van der Waals surface area contributed by atoms with Crippen LogP contribution in [0, 0.1) is 5.92 Å². The number of likely N-dealkylation sites (tertiary alicyclic amines) is 1. The number of rotatable bonds is 3. The molecule has 1 aromatic rings. The first-order valence-corrected chi connectivity index (χ1v) is 6.72. The van der Waals surface area contributed by atoms with E-state index in [2.05, 4.69) is 35.9 Å². The van der Waals surface area contributed by atoms with Crippen LogP contribution < -0.4 is 5.69 Å². The molecule has 0 bridgehead atoms. The first-order valence-electron chi connectivity index (χ1n) is 6.72. The molecule has 0 saturated carbocycles. The number of amides is 1. The van der Waals surface area contributed by atoms with Gasteiger partial charge in [0.15, 0.2) is 0 Å². The molecular formula is C13H22N4O2. The summed E-state index contributed by atoms with van der Waals surface area (Å²) in [6.07, 6.45) is 3.47. The first-order chi connectivity index (χ1) is 8.99. The molecule has 1 saturated heterocycles. The highest BCUT2D eigenvalue weighted by molar-refractivity contribution is 5.92. The van der Waals surface area contributed by atoms with Crippen LogP contribution in [0.3, 0.4) is 0 Å². The molecule has 1 aliphatic heterocycles. The molecule has 0 aliphatic carbocycles. The lowest BCUT2D eigenvalue weighted by Crippen LogP contribution is -2.43. The van der Waals surface area contributed by atoms with Gasteiger partial charge in [0.1, 0.15) is 5.69 Å². The van der Waals surface area contributed by atoms with Gasteiger partial charge in [0.2, 0.25) is 0 Å². The second-order valence-corrected chi connectivity index (χ2v) is 5.49. The third-order valence-electron chi connectivity index (χ3n) is 4.15. The zero-order valence-electron chi connectivity index (χ0n) is 11.8. The number of hydrogen-bond acceptors (Lipinski definition) is 3. The van der Waals surface area contributed by atoms with E-state index in [0.29, 0.717) is 17.7 Å². The maximum absolute atomic E-state index is 12.1. The van der Waals surface area contributed by atoms with Crippen molar-refractivity contribution < 1.29 is 4.79 Å². The van der Waals surface area contributed by atoms with Gasteiger partial charge in [-0.3, -0.25) is 4.79 Å². The molecule has 19 heavy (non-hydrogen) atoms. The van der Waals surface area contributed by atoms with Crippen molar-refractivity contribution in [3.05, 3.63) is 22.4 Å². The number of H-pyrrole nitrogens is 2. The van der Waals surface area contributed by atoms with Crippen molar-refractivity contribution in [3.8, 4) is 0 Å². The van der Waals surface area contributed by atoms with E-state index >= 15 is 0 Å². The minimum Gasteiger partial charge on any atom is -0.337 e. The van der Waals surface area contributed by atoms with Crippen LogP contribution in [0.1, 0.15) is 30.3 Å². The molecule has 106 valence electrons. The van der Waals surface area contributed by atoms with E-state index in [0.717, 1.165) is 25.9 Å². The normalized spacial score (nSPS) is 18.8. The summed E-state index contributed by atoms with van der Waals surface area (Å²) >= 11 is 0. The summed E-state index contributed by atoms with van der Waals surface area (Å²) in [5, 5.41) is 0. The molecule has 0 aromatic carbocycles. The molecule has 2 rings (SSSR count). The maximum Gasteiger partial charge on any atom is 0.323 e. The van der Waals surface area contributed by atoms with Gasteiger partial charge in [0.25, 0.3) is 5.91 Å². The van der Waals surface area contributed by atoms with Gasteiger partial charge in [-0.2, -0.15) is 0 Å². The molecule has 0 unspecified atom stereocenters. The van der Waals surface area contributed by atoms with Crippen molar-refractivity contribution in [1.82, 2.24) is 19.8 Å². The van der Waals surface area contributed by atoms with Gasteiger partial charge in [-0.05, 0) is 39.8 Å². The van der Waals surface area contributed by atoms with Crippen LogP contribution in [0.2, 0.25) is 0 Å². The molecule has 1 amide bonds. The Bertz CT molecular complexity index is 483. The summed E-state index contributed by atoms with van der Waals surface area (Å²) in [4.78, 5) is 32.2. The lowest BCUT2D eigenvalue weighted by atomic mass is 9.89. The quantitative estimate of drug-likeness (QED) is 0.837. The average molecular weight is 266 g/mol. The Balaban J connectivity index is 1.93. The third kappa shape index (κ3) is 3.07. The van der Waals surface area contributed by atoms with Crippen molar-refractivity contribution in [2.75, 3.05) is 27.2 Å². The minimum absolute atomic E-state index is 0.0886. The van der Waals surface area contributed by atoms with Gasteiger partial charge in [0, 0.05) is 25.3 Å². The standard InChI is InChI=1S/C13H22N4O2/c1-9(16(2)3)10-4-6-17(7-5-10)12(18)11-8-14-13(19)15-11/h8-10H,4-7H2,1-3H3,(H2,14,15,19)/t9-/m0/s1.